The number of likely N-dealkylation sites (tertiary alicyclic amines) is 1. The highest BCUT2D eigenvalue weighted by Gasteiger charge is 2.32. The van der Waals surface area contributed by atoms with Crippen LogP contribution in [0.25, 0.3) is 0 Å². The summed E-state index contributed by atoms with van der Waals surface area (Å²) in [7, 11) is 0. The summed E-state index contributed by atoms with van der Waals surface area (Å²) < 4.78 is 0. The Labute approximate surface area is 139 Å². The number of pyridine rings is 1. The van der Waals surface area contributed by atoms with Crippen LogP contribution in [0.2, 0.25) is 0 Å². The van der Waals surface area contributed by atoms with E-state index in [9.17, 15) is 0 Å². The van der Waals surface area contributed by atoms with Crippen molar-refractivity contribution < 1.29 is 0 Å². The van der Waals surface area contributed by atoms with Gasteiger partial charge < -0.3 is 5.73 Å². The molecule has 3 nitrogen and oxygen atoms in total. The minimum atomic E-state index is 0. The van der Waals surface area contributed by atoms with Gasteiger partial charge in [-0.2, -0.15) is 0 Å². The van der Waals surface area contributed by atoms with Crippen LogP contribution in [0, 0.1) is 12.8 Å². The van der Waals surface area contributed by atoms with Gasteiger partial charge in [-0.1, -0.05) is 30.3 Å². The molecule has 1 saturated heterocycles. The van der Waals surface area contributed by atoms with Crippen LogP contribution < -0.4 is 5.73 Å². The zero-order valence-electron chi connectivity index (χ0n) is 13.0. The summed E-state index contributed by atoms with van der Waals surface area (Å²) >= 11 is 0. The molecule has 2 N–H and O–H groups in total. The van der Waals surface area contributed by atoms with Gasteiger partial charge in [0, 0.05) is 37.9 Å². The molecule has 0 aliphatic carbocycles. The van der Waals surface area contributed by atoms with Gasteiger partial charge in [0.25, 0.3) is 0 Å². The lowest BCUT2D eigenvalue weighted by Gasteiger charge is -2.17. The molecule has 1 aromatic carbocycles. The number of nitrogens with zero attached hydrogens (tertiary/aromatic N) is 2. The molecule has 1 aromatic heterocycles. The maximum atomic E-state index is 6.01. The summed E-state index contributed by atoms with van der Waals surface area (Å²) in [5.74, 6) is 1.09. The van der Waals surface area contributed by atoms with Crippen molar-refractivity contribution >= 4 is 12.4 Å². The topological polar surface area (TPSA) is 42.2 Å². The third-order valence-corrected chi connectivity index (χ3v) is 4.59. The van der Waals surface area contributed by atoms with Crippen molar-refractivity contribution in [3.63, 3.8) is 0 Å². The minimum Gasteiger partial charge on any atom is -0.330 e. The molecule has 1 fully saturated rings. The third-order valence-electron chi connectivity index (χ3n) is 4.59. The molecular weight excluding hydrogens is 294 g/mol. The zero-order valence-corrected chi connectivity index (χ0v) is 13.8. The molecule has 118 valence electrons. The number of aromatic nitrogens is 1. The van der Waals surface area contributed by atoms with Crippen molar-refractivity contribution in [2.45, 2.75) is 19.4 Å². The van der Waals surface area contributed by atoms with Gasteiger partial charge in [0.2, 0.25) is 0 Å². The Hall–Kier alpha value is -1.42. The summed E-state index contributed by atoms with van der Waals surface area (Å²) in [5, 5.41) is 0. The van der Waals surface area contributed by atoms with Gasteiger partial charge in [0.1, 0.15) is 0 Å². The van der Waals surface area contributed by atoms with Crippen LogP contribution in [-0.4, -0.2) is 29.5 Å². The van der Waals surface area contributed by atoms with Crippen molar-refractivity contribution in [2.24, 2.45) is 11.7 Å². The fourth-order valence-electron chi connectivity index (χ4n) is 3.31. The lowest BCUT2D eigenvalue weighted by molar-refractivity contribution is 0.316. The Morgan fingerprint density at radius 3 is 2.64 bits per heavy atom. The quantitative estimate of drug-likeness (QED) is 0.942. The Balaban J connectivity index is 0.00000176. The van der Waals surface area contributed by atoms with Crippen molar-refractivity contribution in [3.05, 3.63) is 65.5 Å². The normalized spacial score (nSPS) is 21.5. The third kappa shape index (κ3) is 3.67. The van der Waals surface area contributed by atoms with E-state index in [1.807, 2.05) is 12.4 Å². The van der Waals surface area contributed by atoms with Crippen LogP contribution in [0.15, 0.2) is 48.8 Å². The van der Waals surface area contributed by atoms with E-state index in [1.165, 1.54) is 16.7 Å². The number of benzene rings is 1. The van der Waals surface area contributed by atoms with Gasteiger partial charge in [-0.3, -0.25) is 9.88 Å². The molecule has 1 aliphatic heterocycles. The highest BCUT2D eigenvalue weighted by atomic mass is 35.5. The highest BCUT2D eigenvalue weighted by molar-refractivity contribution is 5.85. The molecule has 2 atom stereocenters. The Kier molecular flexibility index (Phi) is 5.95. The molecule has 0 bridgehead atoms. The van der Waals surface area contributed by atoms with E-state index >= 15 is 0 Å². The average molecular weight is 318 g/mol. The average Bonchev–Trinajstić information content (AvgIpc) is 2.93. The summed E-state index contributed by atoms with van der Waals surface area (Å²) in [4.78, 5) is 6.77. The second kappa shape index (κ2) is 7.73. The van der Waals surface area contributed by atoms with Crippen LogP contribution >= 0.6 is 12.4 Å². The molecule has 2 heterocycles. The number of aryl methyl sites for hydroxylation is 1. The molecule has 0 radical (unpaired) electrons. The number of halogens is 1. The molecule has 1 aliphatic rings. The molecule has 0 unspecified atom stereocenters. The lowest BCUT2D eigenvalue weighted by atomic mass is 9.89. The Morgan fingerprint density at radius 2 is 1.95 bits per heavy atom. The Morgan fingerprint density at radius 1 is 1.18 bits per heavy atom. The van der Waals surface area contributed by atoms with Crippen LogP contribution in [-0.2, 0) is 6.54 Å². The standard InChI is InChI=1S/C18H23N3.ClH/c1-14-7-8-20-10-17(14)12-21-11-16(9-19)18(13-21)15-5-3-2-4-6-15;/h2-8,10,16,18H,9,11-13,19H2,1H3;1H/t16-,18+;/m1./s1. The summed E-state index contributed by atoms with van der Waals surface area (Å²) in [6, 6.07) is 12.9. The van der Waals surface area contributed by atoms with Gasteiger partial charge in [-0.05, 0) is 42.1 Å². The van der Waals surface area contributed by atoms with E-state index in [2.05, 4.69) is 53.2 Å². The van der Waals surface area contributed by atoms with E-state index in [0.717, 1.165) is 26.2 Å². The predicted octanol–water partition coefficient (Wildman–Crippen LogP) is 2.99. The lowest BCUT2D eigenvalue weighted by Crippen LogP contribution is -2.23. The smallest absolute Gasteiger partial charge is 0.0315 e. The summed E-state index contributed by atoms with van der Waals surface area (Å²) in [6.45, 7) is 6.04. The number of rotatable bonds is 4. The zero-order chi connectivity index (χ0) is 14.7. The maximum absolute atomic E-state index is 6.01. The number of hydrogen-bond acceptors (Lipinski definition) is 3. The molecular formula is C18H24ClN3. The molecule has 0 saturated carbocycles. The van der Waals surface area contributed by atoms with Gasteiger partial charge in [0.15, 0.2) is 0 Å². The first-order valence-electron chi connectivity index (χ1n) is 7.65. The number of hydrogen-bond donors (Lipinski definition) is 1. The van der Waals surface area contributed by atoms with Gasteiger partial charge >= 0.3 is 0 Å². The molecule has 0 spiro atoms. The first-order chi connectivity index (χ1) is 10.3. The van der Waals surface area contributed by atoms with E-state index < -0.39 is 0 Å². The van der Waals surface area contributed by atoms with Crippen molar-refractivity contribution in [1.29, 1.82) is 0 Å². The molecule has 3 rings (SSSR count). The number of nitrogens with two attached hydrogens (primary N) is 1. The maximum Gasteiger partial charge on any atom is 0.0315 e. The second-order valence-electron chi connectivity index (χ2n) is 6.01. The van der Waals surface area contributed by atoms with Crippen molar-refractivity contribution in [1.82, 2.24) is 9.88 Å². The molecule has 4 heteroatoms. The van der Waals surface area contributed by atoms with Gasteiger partial charge in [-0.25, -0.2) is 0 Å². The summed E-state index contributed by atoms with van der Waals surface area (Å²) in [6.07, 6.45) is 3.85. The summed E-state index contributed by atoms with van der Waals surface area (Å²) in [5.41, 5.74) is 10.1. The van der Waals surface area contributed by atoms with Crippen LogP contribution in [0.1, 0.15) is 22.6 Å². The van der Waals surface area contributed by atoms with E-state index in [4.69, 9.17) is 5.73 Å². The molecule has 22 heavy (non-hydrogen) atoms. The fourth-order valence-corrected chi connectivity index (χ4v) is 3.31. The van der Waals surface area contributed by atoms with Gasteiger partial charge in [-0.15, -0.1) is 12.4 Å². The van der Waals surface area contributed by atoms with E-state index in [1.54, 1.807) is 0 Å². The van der Waals surface area contributed by atoms with Crippen LogP contribution in [0.4, 0.5) is 0 Å². The van der Waals surface area contributed by atoms with Crippen molar-refractivity contribution in [2.75, 3.05) is 19.6 Å². The SMILES string of the molecule is Cc1ccncc1CN1C[C@@H](CN)[C@H](c2ccccc2)C1.Cl. The Bertz CT molecular complexity index is 588. The van der Waals surface area contributed by atoms with Crippen LogP contribution in [0.5, 0.6) is 0 Å². The predicted molar refractivity (Wildman–Crippen MR) is 93.2 cm³/mol. The fraction of sp³-hybridized carbons (Fsp3) is 0.389. The molecule has 2 aromatic rings. The molecule has 0 amide bonds. The van der Waals surface area contributed by atoms with Gasteiger partial charge in [0.05, 0.1) is 0 Å². The first-order valence-corrected chi connectivity index (χ1v) is 7.65. The van der Waals surface area contributed by atoms with E-state index in [-0.39, 0.29) is 12.4 Å². The minimum absolute atomic E-state index is 0. The van der Waals surface area contributed by atoms with E-state index in [0.29, 0.717) is 11.8 Å². The second-order valence-corrected chi connectivity index (χ2v) is 6.01. The first kappa shape index (κ1) is 16.9. The highest BCUT2D eigenvalue weighted by Crippen LogP contribution is 2.32. The van der Waals surface area contributed by atoms with Crippen LogP contribution in [0.3, 0.4) is 0 Å². The monoisotopic (exact) mass is 317 g/mol. The van der Waals surface area contributed by atoms with Crippen molar-refractivity contribution in [3.8, 4) is 0 Å². The largest absolute Gasteiger partial charge is 0.330 e.